The second-order valence-electron chi connectivity index (χ2n) is 4.78. The van der Waals surface area contributed by atoms with E-state index < -0.39 is 5.95 Å². The highest BCUT2D eigenvalue weighted by molar-refractivity contribution is 9.10. The second kappa shape index (κ2) is 6.37. The van der Waals surface area contributed by atoms with E-state index in [1.165, 1.54) is 10.7 Å². The minimum absolute atomic E-state index is 0.0846. The first-order valence-corrected chi connectivity index (χ1v) is 7.50. The first kappa shape index (κ1) is 15.5. The number of halogens is 2. The molecule has 0 aliphatic carbocycles. The van der Waals surface area contributed by atoms with Crippen LogP contribution >= 0.6 is 15.9 Å². The lowest BCUT2D eigenvalue weighted by Crippen LogP contribution is -1.98. The van der Waals surface area contributed by atoms with Gasteiger partial charge in [0.15, 0.2) is 6.29 Å². The summed E-state index contributed by atoms with van der Waals surface area (Å²) in [5.74, 6) is 0.458. The molecular formula is C16H12BrFN2O3. The second-order valence-corrected chi connectivity index (χ2v) is 5.63. The van der Waals surface area contributed by atoms with E-state index in [4.69, 9.17) is 9.47 Å². The number of ether oxygens (including phenoxy) is 2. The van der Waals surface area contributed by atoms with E-state index in [0.717, 1.165) is 11.3 Å². The summed E-state index contributed by atoms with van der Waals surface area (Å²) in [6, 6.07) is 9.15. The fraction of sp³-hybridized carbons (Fsp3) is 0.125. The molecule has 0 radical (unpaired) electrons. The molecule has 0 aliphatic heterocycles. The van der Waals surface area contributed by atoms with Crippen LogP contribution < -0.4 is 9.47 Å². The standard InChI is InChI=1S/C16H12BrFN2O3/c1-22-11-4-2-10(3-5-11)9-23-12-6-14(17)15-13(8-21)16(18)19-20(15)7-12/h2-8H,9H2,1H3. The molecule has 0 spiro atoms. The smallest absolute Gasteiger partial charge is 0.244 e. The largest absolute Gasteiger partial charge is 0.497 e. The number of hydrogen-bond acceptors (Lipinski definition) is 4. The molecule has 0 amide bonds. The predicted octanol–water partition coefficient (Wildman–Crippen LogP) is 3.64. The summed E-state index contributed by atoms with van der Waals surface area (Å²) >= 11 is 3.31. The molecule has 0 atom stereocenters. The Labute approximate surface area is 139 Å². The van der Waals surface area contributed by atoms with Gasteiger partial charge in [0.05, 0.1) is 24.4 Å². The molecule has 1 aromatic carbocycles. The van der Waals surface area contributed by atoms with Gasteiger partial charge in [0.25, 0.3) is 0 Å². The van der Waals surface area contributed by atoms with Crippen molar-refractivity contribution in [3.05, 3.63) is 58.1 Å². The van der Waals surface area contributed by atoms with Crippen LogP contribution in [-0.2, 0) is 6.61 Å². The summed E-state index contributed by atoms with van der Waals surface area (Å²) in [5.41, 5.74) is 1.25. The van der Waals surface area contributed by atoms with Gasteiger partial charge in [-0.1, -0.05) is 12.1 Å². The Morgan fingerprint density at radius 2 is 2.04 bits per heavy atom. The van der Waals surface area contributed by atoms with E-state index in [2.05, 4.69) is 21.0 Å². The zero-order valence-electron chi connectivity index (χ0n) is 12.1. The average Bonchev–Trinajstić information content (AvgIpc) is 2.89. The summed E-state index contributed by atoms with van der Waals surface area (Å²) in [6.45, 7) is 0.340. The zero-order chi connectivity index (χ0) is 16.4. The fourth-order valence-electron chi connectivity index (χ4n) is 2.17. The van der Waals surface area contributed by atoms with Gasteiger partial charge < -0.3 is 9.47 Å². The number of fused-ring (bicyclic) bond motifs is 1. The third-order valence-corrected chi connectivity index (χ3v) is 3.93. The number of hydrogen-bond donors (Lipinski definition) is 0. The number of rotatable bonds is 5. The lowest BCUT2D eigenvalue weighted by Gasteiger charge is -2.08. The molecule has 0 saturated carbocycles. The number of pyridine rings is 1. The summed E-state index contributed by atoms with van der Waals surface area (Å²) in [7, 11) is 1.61. The van der Waals surface area contributed by atoms with Crippen molar-refractivity contribution in [1.29, 1.82) is 0 Å². The predicted molar refractivity (Wildman–Crippen MR) is 85.6 cm³/mol. The summed E-state index contributed by atoms with van der Waals surface area (Å²) in [4.78, 5) is 10.9. The highest BCUT2D eigenvalue weighted by Gasteiger charge is 2.15. The van der Waals surface area contributed by atoms with Crippen molar-refractivity contribution in [2.24, 2.45) is 0 Å². The molecule has 0 bridgehead atoms. The van der Waals surface area contributed by atoms with Crippen LogP contribution in [0.4, 0.5) is 4.39 Å². The van der Waals surface area contributed by atoms with Crippen LogP contribution in [0, 0.1) is 5.95 Å². The van der Waals surface area contributed by atoms with E-state index in [9.17, 15) is 9.18 Å². The SMILES string of the molecule is COc1ccc(COc2cc(Br)c3c(C=O)c(F)nn3c2)cc1. The van der Waals surface area contributed by atoms with Crippen molar-refractivity contribution in [1.82, 2.24) is 9.61 Å². The molecular weight excluding hydrogens is 367 g/mol. The number of aromatic nitrogens is 2. The molecule has 2 heterocycles. The monoisotopic (exact) mass is 378 g/mol. The molecule has 2 aromatic heterocycles. The number of carbonyl (C=O) groups is 1. The third-order valence-electron chi connectivity index (χ3n) is 3.33. The quantitative estimate of drug-likeness (QED) is 0.636. The molecule has 0 unspecified atom stereocenters. The Morgan fingerprint density at radius 3 is 2.70 bits per heavy atom. The van der Waals surface area contributed by atoms with Gasteiger partial charge in [-0.3, -0.25) is 4.79 Å². The van der Waals surface area contributed by atoms with Gasteiger partial charge in [-0.05, 0) is 39.7 Å². The van der Waals surface area contributed by atoms with E-state index in [0.29, 0.717) is 28.6 Å². The first-order chi connectivity index (χ1) is 11.1. The fourth-order valence-corrected chi connectivity index (χ4v) is 2.79. The highest BCUT2D eigenvalue weighted by Crippen LogP contribution is 2.27. The van der Waals surface area contributed by atoms with E-state index in [-0.39, 0.29) is 5.56 Å². The van der Waals surface area contributed by atoms with Gasteiger partial charge in [-0.2, -0.15) is 4.39 Å². The van der Waals surface area contributed by atoms with Gasteiger partial charge in [0.2, 0.25) is 5.95 Å². The Bertz CT molecular complexity index is 862. The van der Waals surface area contributed by atoms with Crippen LogP contribution in [0.3, 0.4) is 0 Å². The Morgan fingerprint density at radius 1 is 1.30 bits per heavy atom. The molecule has 0 fully saturated rings. The van der Waals surface area contributed by atoms with E-state index >= 15 is 0 Å². The van der Waals surface area contributed by atoms with Gasteiger partial charge in [0.1, 0.15) is 18.1 Å². The number of benzene rings is 1. The maximum absolute atomic E-state index is 13.6. The van der Waals surface area contributed by atoms with Crippen molar-refractivity contribution in [3.8, 4) is 11.5 Å². The number of carbonyl (C=O) groups excluding carboxylic acids is 1. The topological polar surface area (TPSA) is 52.8 Å². The van der Waals surface area contributed by atoms with Crippen molar-refractivity contribution < 1.29 is 18.7 Å². The van der Waals surface area contributed by atoms with Crippen LogP contribution in [0.1, 0.15) is 15.9 Å². The summed E-state index contributed by atoms with van der Waals surface area (Å²) < 4.78 is 26.2. The van der Waals surface area contributed by atoms with Crippen LogP contribution in [0.25, 0.3) is 5.52 Å². The molecule has 118 valence electrons. The number of aldehydes is 1. The van der Waals surface area contributed by atoms with Gasteiger partial charge >= 0.3 is 0 Å². The van der Waals surface area contributed by atoms with Crippen molar-refractivity contribution in [3.63, 3.8) is 0 Å². The molecule has 5 nitrogen and oxygen atoms in total. The Hall–Kier alpha value is -2.41. The molecule has 7 heteroatoms. The maximum atomic E-state index is 13.6. The van der Waals surface area contributed by atoms with Crippen LogP contribution in [-0.4, -0.2) is 23.0 Å². The van der Waals surface area contributed by atoms with E-state index in [1.807, 2.05) is 24.3 Å². The minimum atomic E-state index is -0.812. The molecule has 0 aliphatic rings. The van der Waals surface area contributed by atoms with Crippen LogP contribution in [0.5, 0.6) is 11.5 Å². The minimum Gasteiger partial charge on any atom is -0.497 e. The van der Waals surface area contributed by atoms with Crippen molar-refractivity contribution >= 4 is 27.7 Å². The highest BCUT2D eigenvalue weighted by atomic mass is 79.9. The van der Waals surface area contributed by atoms with E-state index in [1.54, 1.807) is 13.2 Å². The Balaban J connectivity index is 1.84. The third kappa shape index (κ3) is 3.05. The summed E-state index contributed by atoms with van der Waals surface area (Å²) in [5, 5.41) is 3.68. The zero-order valence-corrected chi connectivity index (χ0v) is 13.7. The number of methoxy groups -OCH3 is 1. The van der Waals surface area contributed by atoms with Crippen LogP contribution in [0.15, 0.2) is 41.0 Å². The lowest BCUT2D eigenvalue weighted by atomic mass is 10.2. The van der Waals surface area contributed by atoms with Crippen molar-refractivity contribution in [2.45, 2.75) is 6.61 Å². The molecule has 23 heavy (non-hydrogen) atoms. The maximum Gasteiger partial charge on any atom is 0.244 e. The molecule has 0 N–H and O–H groups in total. The first-order valence-electron chi connectivity index (χ1n) is 6.70. The molecule has 3 aromatic rings. The van der Waals surface area contributed by atoms with Crippen LogP contribution in [0.2, 0.25) is 0 Å². The number of nitrogens with zero attached hydrogens (tertiary/aromatic N) is 2. The van der Waals surface area contributed by atoms with Crippen molar-refractivity contribution in [2.75, 3.05) is 7.11 Å². The summed E-state index contributed by atoms with van der Waals surface area (Å²) in [6.07, 6.45) is 1.97. The molecule has 0 saturated heterocycles. The lowest BCUT2D eigenvalue weighted by molar-refractivity contribution is 0.112. The molecule has 3 rings (SSSR count). The van der Waals surface area contributed by atoms with Gasteiger partial charge in [0, 0.05) is 4.47 Å². The van der Waals surface area contributed by atoms with Gasteiger partial charge in [-0.25, -0.2) is 4.52 Å². The normalized spacial score (nSPS) is 10.7. The average molecular weight is 379 g/mol. The Kier molecular flexibility index (Phi) is 4.29. The van der Waals surface area contributed by atoms with Gasteiger partial charge in [-0.15, -0.1) is 5.10 Å².